The molecule has 5 rings (SSSR count). The number of fused-ring (bicyclic) bond motifs is 3. The molecule has 0 radical (unpaired) electrons. The minimum atomic E-state index is -0.0766. The summed E-state index contributed by atoms with van der Waals surface area (Å²) >= 11 is 0. The van der Waals surface area contributed by atoms with Gasteiger partial charge in [0.15, 0.2) is 0 Å². The number of carbonyl (C=O) groups excluding carboxylic acids is 1. The lowest BCUT2D eigenvalue weighted by Gasteiger charge is -2.38. The number of amides is 1. The van der Waals surface area contributed by atoms with E-state index < -0.39 is 0 Å². The Morgan fingerprint density at radius 2 is 1.79 bits per heavy atom. The summed E-state index contributed by atoms with van der Waals surface area (Å²) in [6, 6.07) is 8.07. The molecule has 1 aromatic carbocycles. The zero-order chi connectivity index (χ0) is 20.0. The van der Waals surface area contributed by atoms with E-state index in [9.17, 15) is 9.59 Å². The molecule has 2 aromatic heterocycles. The van der Waals surface area contributed by atoms with Crippen molar-refractivity contribution in [3.63, 3.8) is 0 Å². The molecule has 0 atom stereocenters. The maximum absolute atomic E-state index is 13.2. The van der Waals surface area contributed by atoms with Crippen molar-refractivity contribution >= 4 is 22.5 Å². The first-order valence-electron chi connectivity index (χ1n) is 10.7. The molecule has 152 valence electrons. The predicted molar refractivity (Wildman–Crippen MR) is 112 cm³/mol. The molecule has 1 amide bonds. The van der Waals surface area contributed by atoms with E-state index in [2.05, 4.69) is 10.00 Å². The fourth-order valence-corrected chi connectivity index (χ4v) is 5.01. The molecule has 0 N–H and O–H groups in total. The first kappa shape index (κ1) is 18.4. The van der Waals surface area contributed by atoms with Gasteiger partial charge in [0.2, 0.25) is 0 Å². The molecule has 7 nitrogen and oxygen atoms in total. The second-order valence-corrected chi connectivity index (χ2v) is 8.15. The van der Waals surface area contributed by atoms with Gasteiger partial charge in [-0.05, 0) is 44.0 Å². The van der Waals surface area contributed by atoms with Gasteiger partial charge < -0.3 is 9.47 Å². The summed E-state index contributed by atoms with van der Waals surface area (Å²) in [5, 5.41) is 4.30. The summed E-state index contributed by atoms with van der Waals surface area (Å²) in [5.41, 5.74) is 2.71. The third kappa shape index (κ3) is 3.04. The lowest BCUT2D eigenvalue weighted by molar-refractivity contribution is 0.0573. The zero-order valence-electron chi connectivity index (χ0n) is 16.9. The summed E-state index contributed by atoms with van der Waals surface area (Å²) < 4.78 is 3.39. The van der Waals surface area contributed by atoms with Crippen molar-refractivity contribution < 1.29 is 4.79 Å². The standard InChI is InChI=1S/C22H27N5O2/c1-2-26-20-15-16(7-8-18(20)27-19(22(26)29)9-10-23-27)21(28)25-13-11-24(12-14-25)17-5-3-4-6-17/h7-10,15,17H,2-6,11-14H2,1H3. The van der Waals surface area contributed by atoms with E-state index in [1.807, 2.05) is 30.0 Å². The first-order valence-corrected chi connectivity index (χ1v) is 10.7. The summed E-state index contributed by atoms with van der Waals surface area (Å²) in [7, 11) is 0. The largest absolute Gasteiger partial charge is 0.336 e. The van der Waals surface area contributed by atoms with Gasteiger partial charge in [0.05, 0.1) is 17.2 Å². The van der Waals surface area contributed by atoms with Gasteiger partial charge in [-0.25, -0.2) is 4.52 Å². The molecule has 1 saturated heterocycles. The highest BCUT2D eigenvalue weighted by Crippen LogP contribution is 2.25. The van der Waals surface area contributed by atoms with E-state index in [4.69, 9.17) is 0 Å². The van der Waals surface area contributed by atoms with Crippen LogP contribution in [-0.2, 0) is 6.54 Å². The number of rotatable bonds is 3. The number of hydrogen-bond donors (Lipinski definition) is 0. The Morgan fingerprint density at radius 1 is 1.03 bits per heavy atom. The minimum Gasteiger partial charge on any atom is -0.336 e. The number of hydrogen-bond acceptors (Lipinski definition) is 4. The third-order valence-electron chi connectivity index (χ3n) is 6.61. The summed E-state index contributed by atoms with van der Waals surface area (Å²) in [6.07, 6.45) is 6.91. The molecule has 2 aliphatic rings. The van der Waals surface area contributed by atoms with Crippen molar-refractivity contribution in [1.29, 1.82) is 0 Å². The Morgan fingerprint density at radius 3 is 2.52 bits per heavy atom. The van der Waals surface area contributed by atoms with E-state index in [-0.39, 0.29) is 11.5 Å². The quantitative estimate of drug-likeness (QED) is 0.685. The maximum Gasteiger partial charge on any atom is 0.277 e. The third-order valence-corrected chi connectivity index (χ3v) is 6.61. The molecule has 29 heavy (non-hydrogen) atoms. The minimum absolute atomic E-state index is 0.0497. The van der Waals surface area contributed by atoms with Crippen LogP contribution >= 0.6 is 0 Å². The van der Waals surface area contributed by atoms with E-state index in [1.165, 1.54) is 25.7 Å². The highest BCUT2D eigenvalue weighted by atomic mass is 16.2. The van der Waals surface area contributed by atoms with Gasteiger partial charge in [0.25, 0.3) is 11.5 Å². The van der Waals surface area contributed by atoms with E-state index >= 15 is 0 Å². The van der Waals surface area contributed by atoms with E-state index in [0.29, 0.717) is 23.7 Å². The maximum atomic E-state index is 13.2. The monoisotopic (exact) mass is 393 g/mol. The van der Waals surface area contributed by atoms with Gasteiger partial charge in [-0.2, -0.15) is 5.10 Å². The van der Waals surface area contributed by atoms with Crippen LogP contribution in [0.15, 0.2) is 35.3 Å². The predicted octanol–water partition coefficient (Wildman–Crippen LogP) is 2.37. The van der Waals surface area contributed by atoms with Crippen LogP contribution in [-0.4, -0.2) is 62.1 Å². The molecular weight excluding hydrogens is 366 g/mol. The molecule has 1 saturated carbocycles. The Balaban J connectivity index is 1.44. The molecule has 0 bridgehead atoms. The van der Waals surface area contributed by atoms with Gasteiger partial charge in [-0.15, -0.1) is 0 Å². The van der Waals surface area contributed by atoms with Gasteiger partial charge >= 0.3 is 0 Å². The lowest BCUT2D eigenvalue weighted by Crippen LogP contribution is -2.51. The van der Waals surface area contributed by atoms with Gasteiger partial charge in [-0.1, -0.05) is 12.8 Å². The van der Waals surface area contributed by atoms with Gasteiger partial charge in [0, 0.05) is 44.3 Å². The molecular formula is C22H27N5O2. The second kappa shape index (κ2) is 7.30. The molecule has 2 fully saturated rings. The fraction of sp³-hybridized carbons (Fsp3) is 0.500. The van der Waals surface area contributed by atoms with Crippen molar-refractivity contribution in [2.24, 2.45) is 0 Å². The van der Waals surface area contributed by atoms with Crippen LogP contribution in [0.25, 0.3) is 16.6 Å². The smallest absolute Gasteiger partial charge is 0.277 e. The highest BCUT2D eigenvalue weighted by molar-refractivity contribution is 5.97. The lowest BCUT2D eigenvalue weighted by atomic mass is 10.1. The molecule has 0 spiro atoms. The number of piperazine rings is 1. The van der Waals surface area contributed by atoms with Crippen LogP contribution in [0, 0.1) is 0 Å². The average Bonchev–Trinajstić information content (AvgIpc) is 3.46. The van der Waals surface area contributed by atoms with Gasteiger partial charge in [0.1, 0.15) is 5.52 Å². The van der Waals surface area contributed by atoms with Gasteiger partial charge in [-0.3, -0.25) is 14.5 Å². The van der Waals surface area contributed by atoms with Crippen molar-refractivity contribution in [3.8, 4) is 0 Å². The summed E-state index contributed by atoms with van der Waals surface area (Å²) in [5.74, 6) is 0.0497. The Hall–Kier alpha value is -2.67. The van der Waals surface area contributed by atoms with Crippen molar-refractivity contribution in [2.75, 3.05) is 26.2 Å². The summed E-state index contributed by atoms with van der Waals surface area (Å²) in [6.45, 7) is 5.95. The van der Waals surface area contributed by atoms with E-state index in [0.717, 1.165) is 37.2 Å². The molecule has 1 aliphatic carbocycles. The van der Waals surface area contributed by atoms with Crippen LogP contribution in [0.5, 0.6) is 0 Å². The topological polar surface area (TPSA) is 62.9 Å². The van der Waals surface area contributed by atoms with Crippen molar-refractivity contribution in [3.05, 3.63) is 46.4 Å². The molecule has 0 unspecified atom stereocenters. The van der Waals surface area contributed by atoms with Crippen molar-refractivity contribution in [2.45, 2.75) is 45.2 Å². The number of aromatic nitrogens is 3. The Labute approximate surface area is 169 Å². The van der Waals surface area contributed by atoms with Crippen LogP contribution < -0.4 is 5.56 Å². The molecule has 3 heterocycles. The molecule has 1 aliphatic heterocycles. The number of carbonyl (C=O) groups is 1. The van der Waals surface area contributed by atoms with Crippen LogP contribution in [0.3, 0.4) is 0 Å². The second-order valence-electron chi connectivity index (χ2n) is 8.15. The summed E-state index contributed by atoms with van der Waals surface area (Å²) in [4.78, 5) is 30.5. The number of nitrogens with zero attached hydrogens (tertiary/aromatic N) is 5. The van der Waals surface area contributed by atoms with E-state index in [1.54, 1.807) is 21.3 Å². The molecule has 7 heteroatoms. The van der Waals surface area contributed by atoms with Crippen molar-refractivity contribution in [1.82, 2.24) is 24.0 Å². The van der Waals surface area contributed by atoms with Crippen LogP contribution in [0.1, 0.15) is 43.0 Å². The van der Waals surface area contributed by atoms with Crippen LogP contribution in [0.2, 0.25) is 0 Å². The zero-order valence-corrected chi connectivity index (χ0v) is 16.9. The molecule has 3 aromatic rings. The Bertz CT molecular complexity index is 1120. The Kier molecular flexibility index (Phi) is 4.62. The highest BCUT2D eigenvalue weighted by Gasteiger charge is 2.28. The first-order chi connectivity index (χ1) is 14.2. The number of aryl methyl sites for hydroxylation is 1. The fourth-order valence-electron chi connectivity index (χ4n) is 5.01. The number of benzene rings is 1. The van der Waals surface area contributed by atoms with Crippen LogP contribution in [0.4, 0.5) is 0 Å². The SMILES string of the molecule is CCn1c(=O)c2ccnn2c2ccc(C(=O)N3CCN(C4CCCC4)CC3)cc21. The average molecular weight is 393 g/mol. The normalized spacial score (nSPS) is 18.9.